The highest BCUT2D eigenvalue weighted by atomic mass is 15.3. The fraction of sp³-hybridized carbons (Fsp3) is 0.769. The highest BCUT2D eigenvalue weighted by Gasteiger charge is 2.42. The van der Waals surface area contributed by atoms with Crippen LogP contribution in [0.1, 0.15) is 62.3 Å². The third kappa shape index (κ3) is 1.67. The lowest BCUT2D eigenvalue weighted by Gasteiger charge is -2.21. The summed E-state index contributed by atoms with van der Waals surface area (Å²) in [5.74, 6) is 0.724. The van der Waals surface area contributed by atoms with Crippen molar-refractivity contribution in [3.8, 4) is 0 Å². The van der Waals surface area contributed by atoms with Crippen molar-refractivity contribution in [3.05, 3.63) is 17.5 Å². The summed E-state index contributed by atoms with van der Waals surface area (Å²) >= 11 is 0. The van der Waals surface area contributed by atoms with Crippen LogP contribution in [0.3, 0.4) is 0 Å². The Morgan fingerprint density at radius 1 is 1.31 bits per heavy atom. The Hall–Kier alpha value is -0.830. The zero-order valence-corrected chi connectivity index (χ0v) is 10.1. The van der Waals surface area contributed by atoms with E-state index in [2.05, 4.69) is 22.9 Å². The SMILES string of the molecule is Cn1nc(C2(N)CC2)cc1C1CCCCC1. The topological polar surface area (TPSA) is 43.8 Å². The van der Waals surface area contributed by atoms with Crippen LogP contribution in [0.4, 0.5) is 0 Å². The zero-order chi connectivity index (χ0) is 11.2. The van der Waals surface area contributed by atoms with E-state index in [4.69, 9.17) is 5.73 Å². The molecule has 2 fully saturated rings. The number of nitrogens with two attached hydrogens (primary N) is 1. The molecule has 0 aromatic carbocycles. The van der Waals surface area contributed by atoms with Gasteiger partial charge in [-0.2, -0.15) is 5.10 Å². The summed E-state index contributed by atoms with van der Waals surface area (Å²) in [6.07, 6.45) is 9.02. The molecular formula is C13H21N3. The summed E-state index contributed by atoms with van der Waals surface area (Å²) < 4.78 is 2.07. The maximum atomic E-state index is 6.20. The van der Waals surface area contributed by atoms with Crippen LogP contribution >= 0.6 is 0 Å². The van der Waals surface area contributed by atoms with Crippen LogP contribution in [-0.2, 0) is 12.6 Å². The van der Waals surface area contributed by atoms with E-state index in [1.807, 2.05) is 0 Å². The first-order valence-electron chi connectivity index (χ1n) is 6.52. The lowest BCUT2D eigenvalue weighted by molar-refractivity contribution is 0.424. The van der Waals surface area contributed by atoms with Crippen molar-refractivity contribution in [1.82, 2.24) is 9.78 Å². The van der Waals surface area contributed by atoms with Gasteiger partial charge in [0.1, 0.15) is 0 Å². The Bertz CT molecular complexity index is 384. The van der Waals surface area contributed by atoms with Crippen molar-refractivity contribution >= 4 is 0 Å². The van der Waals surface area contributed by atoms with Gasteiger partial charge in [0.15, 0.2) is 0 Å². The van der Waals surface area contributed by atoms with Gasteiger partial charge in [0.2, 0.25) is 0 Å². The molecule has 0 aliphatic heterocycles. The first-order valence-corrected chi connectivity index (χ1v) is 6.52. The smallest absolute Gasteiger partial charge is 0.0826 e. The average Bonchev–Trinajstić information content (AvgIpc) is 2.92. The molecule has 2 N–H and O–H groups in total. The van der Waals surface area contributed by atoms with Crippen LogP contribution in [0.2, 0.25) is 0 Å². The van der Waals surface area contributed by atoms with Gasteiger partial charge >= 0.3 is 0 Å². The Labute approximate surface area is 97.0 Å². The molecule has 3 heteroatoms. The number of hydrogen-bond donors (Lipinski definition) is 1. The van der Waals surface area contributed by atoms with E-state index in [0.717, 1.165) is 24.5 Å². The van der Waals surface area contributed by atoms with Crippen LogP contribution < -0.4 is 5.73 Å². The summed E-state index contributed by atoms with van der Waals surface area (Å²) in [7, 11) is 2.07. The van der Waals surface area contributed by atoms with Gasteiger partial charge in [-0.15, -0.1) is 0 Å². The number of aryl methyl sites for hydroxylation is 1. The standard InChI is InChI=1S/C13H21N3/c1-16-11(10-5-3-2-4-6-10)9-12(15-16)13(14)7-8-13/h9-10H,2-8,14H2,1H3. The van der Waals surface area contributed by atoms with Crippen LogP contribution in [0.15, 0.2) is 6.07 Å². The average molecular weight is 219 g/mol. The molecule has 0 saturated heterocycles. The Morgan fingerprint density at radius 2 is 2.00 bits per heavy atom. The minimum atomic E-state index is -0.0787. The molecule has 0 amide bonds. The van der Waals surface area contributed by atoms with Crippen molar-refractivity contribution in [2.45, 2.75) is 56.4 Å². The molecule has 2 aliphatic carbocycles. The van der Waals surface area contributed by atoms with Gasteiger partial charge in [-0.3, -0.25) is 4.68 Å². The van der Waals surface area contributed by atoms with Gasteiger partial charge in [0.05, 0.1) is 11.2 Å². The highest BCUT2D eigenvalue weighted by molar-refractivity contribution is 5.26. The summed E-state index contributed by atoms with van der Waals surface area (Å²) in [5.41, 5.74) is 8.65. The second-order valence-electron chi connectivity index (χ2n) is 5.57. The fourth-order valence-corrected chi connectivity index (χ4v) is 2.90. The first-order chi connectivity index (χ1) is 7.69. The molecule has 1 heterocycles. The van der Waals surface area contributed by atoms with Gasteiger partial charge in [0, 0.05) is 18.7 Å². The maximum absolute atomic E-state index is 6.20. The normalized spacial score (nSPS) is 24.6. The van der Waals surface area contributed by atoms with Crippen molar-refractivity contribution < 1.29 is 0 Å². The van der Waals surface area contributed by atoms with Crippen LogP contribution in [0, 0.1) is 0 Å². The van der Waals surface area contributed by atoms with E-state index in [0.29, 0.717) is 0 Å². The highest BCUT2D eigenvalue weighted by Crippen LogP contribution is 2.43. The maximum Gasteiger partial charge on any atom is 0.0826 e. The van der Waals surface area contributed by atoms with Gasteiger partial charge in [-0.05, 0) is 31.7 Å². The minimum Gasteiger partial charge on any atom is -0.320 e. The number of rotatable bonds is 2. The molecule has 2 saturated carbocycles. The van der Waals surface area contributed by atoms with Gasteiger partial charge < -0.3 is 5.73 Å². The van der Waals surface area contributed by atoms with Gasteiger partial charge in [0.25, 0.3) is 0 Å². The molecular weight excluding hydrogens is 198 g/mol. The van der Waals surface area contributed by atoms with Gasteiger partial charge in [-0.1, -0.05) is 19.3 Å². The predicted octanol–water partition coefficient (Wildman–Crippen LogP) is 2.42. The van der Waals surface area contributed by atoms with Crippen molar-refractivity contribution in [2.24, 2.45) is 12.8 Å². The van der Waals surface area contributed by atoms with E-state index < -0.39 is 0 Å². The monoisotopic (exact) mass is 219 g/mol. The second kappa shape index (κ2) is 3.59. The molecule has 0 spiro atoms. The molecule has 0 atom stereocenters. The molecule has 0 bridgehead atoms. The lowest BCUT2D eigenvalue weighted by atomic mass is 9.86. The van der Waals surface area contributed by atoms with E-state index in [9.17, 15) is 0 Å². The second-order valence-corrected chi connectivity index (χ2v) is 5.57. The first kappa shape index (κ1) is 10.3. The van der Waals surface area contributed by atoms with Crippen molar-refractivity contribution in [1.29, 1.82) is 0 Å². The van der Waals surface area contributed by atoms with Crippen LogP contribution in [0.5, 0.6) is 0 Å². The van der Waals surface area contributed by atoms with Crippen molar-refractivity contribution in [3.63, 3.8) is 0 Å². The third-order valence-corrected chi connectivity index (χ3v) is 4.24. The third-order valence-electron chi connectivity index (χ3n) is 4.24. The van der Waals surface area contributed by atoms with E-state index in [1.54, 1.807) is 0 Å². The lowest BCUT2D eigenvalue weighted by Crippen LogP contribution is -2.19. The molecule has 0 radical (unpaired) electrons. The van der Waals surface area contributed by atoms with E-state index >= 15 is 0 Å². The fourth-order valence-electron chi connectivity index (χ4n) is 2.90. The summed E-state index contributed by atoms with van der Waals surface area (Å²) in [6.45, 7) is 0. The van der Waals surface area contributed by atoms with Crippen LogP contribution in [0.25, 0.3) is 0 Å². The Morgan fingerprint density at radius 3 is 2.62 bits per heavy atom. The number of nitrogens with zero attached hydrogens (tertiary/aromatic N) is 2. The Balaban J connectivity index is 1.86. The molecule has 0 unspecified atom stereocenters. The quantitative estimate of drug-likeness (QED) is 0.830. The summed E-state index contributed by atoms with van der Waals surface area (Å²) in [6, 6.07) is 2.27. The zero-order valence-electron chi connectivity index (χ0n) is 10.1. The Kier molecular flexibility index (Phi) is 2.32. The van der Waals surface area contributed by atoms with Crippen LogP contribution in [-0.4, -0.2) is 9.78 Å². The number of hydrogen-bond acceptors (Lipinski definition) is 2. The van der Waals surface area contributed by atoms with E-state index in [-0.39, 0.29) is 5.54 Å². The molecule has 2 aliphatic rings. The largest absolute Gasteiger partial charge is 0.320 e. The summed E-state index contributed by atoms with van der Waals surface area (Å²) in [5, 5.41) is 4.61. The van der Waals surface area contributed by atoms with E-state index in [1.165, 1.54) is 37.8 Å². The molecule has 3 nitrogen and oxygen atoms in total. The van der Waals surface area contributed by atoms with Crippen molar-refractivity contribution in [2.75, 3.05) is 0 Å². The molecule has 1 aromatic rings. The molecule has 16 heavy (non-hydrogen) atoms. The summed E-state index contributed by atoms with van der Waals surface area (Å²) in [4.78, 5) is 0. The predicted molar refractivity (Wildman–Crippen MR) is 64.1 cm³/mol. The van der Waals surface area contributed by atoms with Gasteiger partial charge in [-0.25, -0.2) is 0 Å². The minimum absolute atomic E-state index is 0.0787. The number of aromatic nitrogens is 2. The molecule has 1 aromatic heterocycles. The molecule has 88 valence electrons. The molecule has 3 rings (SSSR count).